The Morgan fingerprint density at radius 3 is 2.37 bits per heavy atom. The first kappa shape index (κ1) is 30.7. The summed E-state index contributed by atoms with van der Waals surface area (Å²) in [5.74, 6) is -8.85. The van der Waals surface area contributed by atoms with Gasteiger partial charge in [0.1, 0.15) is 28.9 Å². The minimum atomic E-state index is -2.94. The highest BCUT2D eigenvalue weighted by Crippen LogP contribution is 2.58. The van der Waals surface area contributed by atoms with Crippen molar-refractivity contribution < 1.29 is 44.3 Å². The molecule has 0 unspecified atom stereocenters. The third-order valence-electron chi connectivity index (χ3n) is 9.85. The van der Waals surface area contributed by atoms with Crippen LogP contribution in [-0.2, 0) is 23.9 Å². The van der Waals surface area contributed by atoms with Crippen molar-refractivity contribution in [1.29, 1.82) is 0 Å². The van der Waals surface area contributed by atoms with Gasteiger partial charge in [-0.2, -0.15) is 0 Å². The molecule has 11 heteroatoms. The molecule has 43 heavy (non-hydrogen) atoms. The van der Waals surface area contributed by atoms with Crippen LogP contribution in [0.3, 0.4) is 0 Å². The van der Waals surface area contributed by atoms with Crippen molar-refractivity contribution in [3.8, 4) is 5.75 Å². The van der Waals surface area contributed by atoms with Gasteiger partial charge < -0.3 is 30.9 Å². The first-order valence-electron chi connectivity index (χ1n) is 15.0. The first-order chi connectivity index (χ1) is 20.4. The van der Waals surface area contributed by atoms with Gasteiger partial charge in [-0.05, 0) is 56.8 Å². The molecule has 2 fully saturated rings. The van der Waals surface area contributed by atoms with Gasteiger partial charge in [-0.1, -0.05) is 44.7 Å². The number of amides is 1. The zero-order valence-corrected chi connectivity index (χ0v) is 24.7. The average Bonchev–Trinajstić information content (AvgIpc) is 3.45. The molecule has 6 atom stereocenters. The molecule has 232 valence electrons. The van der Waals surface area contributed by atoms with Crippen molar-refractivity contribution in [2.24, 2.45) is 23.5 Å². The largest absolute Gasteiger partial charge is 0.508 e. The Kier molecular flexibility index (Phi) is 8.17. The van der Waals surface area contributed by atoms with Gasteiger partial charge in [-0.15, -0.1) is 0 Å². The molecule has 0 heterocycles. The minimum absolute atomic E-state index is 0.00634. The number of benzene rings is 1. The van der Waals surface area contributed by atoms with Gasteiger partial charge in [0.25, 0.3) is 5.91 Å². The van der Waals surface area contributed by atoms with Gasteiger partial charge in [0, 0.05) is 17.9 Å². The molecule has 0 radical (unpaired) electrons. The summed E-state index contributed by atoms with van der Waals surface area (Å²) in [6.07, 6.45) is 4.70. The monoisotopic (exact) mass is 596 g/mol. The molecule has 6 N–H and O–H groups in total. The van der Waals surface area contributed by atoms with E-state index in [9.17, 15) is 39.6 Å². The smallest absolute Gasteiger partial charge is 0.306 e. The molecule has 1 amide bonds. The topological polar surface area (TPSA) is 188 Å². The van der Waals surface area contributed by atoms with Gasteiger partial charge in [0.2, 0.25) is 5.78 Å². The zero-order chi connectivity index (χ0) is 31.4. The van der Waals surface area contributed by atoms with Crippen LogP contribution in [0.25, 0.3) is 5.76 Å². The van der Waals surface area contributed by atoms with Crippen LogP contribution in [0.15, 0.2) is 35.1 Å². The lowest BCUT2D eigenvalue weighted by molar-refractivity contribution is -0.185. The number of fused-ring (bicyclic) bond motifs is 3. The number of phenolic OH excluding ortho intramolecular Hbond substituents is 1. The van der Waals surface area contributed by atoms with Crippen LogP contribution >= 0.6 is 0 Å². The summed E-state index contributed by atoms with van der Waals surface area (Å²) >= 11 is 0. The van der Waals surface area contributed by atoms with E-state index in [1.54, 1.807) is 19.1 Å². The highest BCUT2D eigenvalue weighted by molar-refractivity contribution is 6.24. The molecule has 0 aliphatic heterocycles. The van der Waals surface area contributed by atoms with Crippen molar-refractivity contribution in [3.63, 3.8) is 0 Å². The lowest BCUT2D eigenvalue weighted by Crippen LogP contribution is -2.71. The summed E-state index contributed by atoms with van der Waals surface area (Å²) in [5, 5.41) is 46.0. The fraction of sp³-hybridized carbons (Fsp3) is 0.562. The van der Waals surface area contributed by atoms with Crippen LogP contribution in [0.5, 0.6) is 5.75 Å². The molecule has 4 aliphatic rings. The highest BCUT2D eigenvalue weighted by atomic mass is 16.5. The molecule has 2 saturated carbocycles. The van der Waals surface area contributed by atoms with E-state index >= 15 is 0 Å². The van der Waals surface area contributed by atoms with Gasteiger partial charge in [0.15, 0.2) is 11.4 Å². The number of rotatable bonds is 8. The zero-order valence-electron chi connectivity index (χ0n) is 24.7. The van der Waals surface area contributed by atoms with Gasteiger partial charge in [-0.25, -0.2) is 0 Å². The average molecular weight is 597 g/mol. The number of hydrogen-bond donors (Lipinski definition) is 5. The second-order valence-electron chi connectivity index (χ2n) is 12.6. The van der Waals surface area contributed by atoms with E-state index in [4.69, 9.17) is 10.5 Å². The Morgan fingerprint density at radius 2 is 1.77 bits per heavy atom. The van der Waals surface area contributed by atoms with E-state index in [0.29, 0.717) is 24.3 Å². The minimum Gasteiger partial charge on any atom is -0.508 e. The number of carbonyl (C=O) groups is 4. The van der Waals surface area contributed by atoms with E-state index in [0.717, 1.165) is 32.1 Å². The van der Waals surface area contributed by atoms with Gasteiger partial charge >= 0.3 is 5.97 Å². The lowest BCUT2D eigenvalue weighted by atomic mass is 9.53. The predicted molar refractivity (Wildman–Crippen MR) is 155 cm³/mol. The van der Waals surface area contributed by atoms with Crippen LogP contribution in [0.4, 0.5) is 0 Å². The maximum Gasteiger partial charge on any atom is 0.306 e. The highest BCUT2D eigenvalue weighted by Gasteiger charge is 2.69. The summed E-state index contributed by atoms with van der Waals surface area (Å²) in [4.78, 5) is 55.2. The number of nitrogens with zero attached hydrogens (tertiary/aromatic N) is 1. The molecular formula is C32H40N2O9. The molecule has 0 saturated heterocycles. The van der Waals surface area contributed by atoms with E-state index in [2.05, 4.69) is 0 Å². The quantitative estimate of drug-likeness (QED) is 0.221. The number of aliphatic hydroxyl groups is 3. The number of nitrogens with two attached hydrogens (primary N) is 1. The number of hydrogen-bond acceptors (Lipinski definition) is 10. The summed E-state index contributed by atoms with van der Waals surface area (Å²) in [7, 11) is 3.02. The second kappa shape index (κ2) is 11.4. The Hall–Kier alpha value is -3.70. The standard InChI is InChI=1S/C32H40N2O9/c1-4-8-19(36)43-28-21-17(14-13-15-9-5-6-10-15)16-11-7-12-18(35)20(16)26(37)22(21)29(39)32(42)24(28)25(34(2)3)27(38)23(30(32)40)31(33)41/h7,11-12,15,17,21,24-25,28,35,37,40,42H,4-6,8-10,13-14H2,1-3H3,(H2,33,41)/t17-,21+,24+,25-,28-,32-/m1/s1. The molecule has 5 rings (SSSR count). The van der Waals surface area contributed by atoms with E-state index in [1.165, 1.54) is 25.1 Å². The number of ketones is 2. The second-order valence-corrected chi connectivity index (χ2v) is 12.6. The molecular weight excluding hydrogens is 556 g/mol. The molecule has 1 aromatic rings. The van der Waals surface area contributed by atoms with Crippen LogP contribution in [0, 0.1) is 17.8 Å². The number of primary amides is 1. The molecule has 0 aromatic heterocycles. The van der Waals surface area contributed by atoms with Crippen LogP contribution < -0.4 is 5.73 Å². The Labute approximate surface area is 250 Å². The van der Waals surface area contributed by atoms with Crippen molar-refractivity contribution in [2.45, 2.75) is 82.0 Å². The molecule has 0 bridgehead atoms. The number of likely N-dealkylation sites (N-methyl/N-ethyl adjacent to an activating group) is 1. The summed E-state index contributed by atoms with van der Waals surface area (Å²) in [5.41, 5.74) is 1.83. The van der Waals surface area contributed by atoms with E-state index in [-0.39, 0.29) is 23.3 Å². The number of carbonyl (C=O) groups excluding carboxylic acids is 4. The number of phenols is 1. The van der Waals surface area contributed by atoms with Crippen LogP contribution in [0.2, 0.25) is 0 Å². The maximum atomic E-state index is 14.5. The van der Waals surface area contributed by atoms with Crippen molar-refractivity contribution in [2.75, 3.05) is 14.1 Å². The fourth-order valence-corrected chi connectivity index (χ4v) is 7.98. The number of esters is 1. The molecule has 11 nitrogen and oxygen atoms in total. The van der Waals surface area contributed by atoms with Gasteiger partial charge in [-0.3, -0.25) is 24.1 Å². The first-order valence-corrected chi connectivity index (χ1v) is 15.0. The van der Waals surface area contributed by atoms with E-state index < -0.39 is 76.0 Å². The predicted octanol–water partition coefficient (Wildman–Crippen LogP) is 2.80. The van der Waals surface area contributed by atoms with Crippen molar-refractivity contribution in [1.82, 2.24) is 4.90 Å². The van der Waals surface area contributed by atoms with Crippen molar-refractivity contribution >= 4 is 29.2 Å². The Bertz CT molecular complexity index is 1420. The van der Waals surface area contributed by atoms with Crippen LogP contribution in [-0.4, -0.2) is 80.6 Å². The maximum absolute atomic E-state index is 14.5. The Balaban J connectivity index is 1.80. The third kappa shape index (κ3) is 4.73. The number of aromatic hydroxyl groups is 1. The molecule has 0 spiro atoms. The number of Topliss-reactive ketones (excluding diaryl/α,β-unsaturated/α-hetero) is 2. The molecule has 4 aliphatic carbocycles. The fourth-order valence-electron chi connectivity index (χ4n) is 7.98. The third-order valence-corrected chi connectivity index (χ3v) is 9.85. The summed E-state index contributed by atoms with van der Waals surface area (Å²) < 4.78 is 6.07. The van der Waals surface area contributed by atoms with Crippen molar-refractivity contribution in [3.05, 3.63) is 46.2 Å². The summed E-state index contributed by atoms with van der Waals surface area (Å²) in [6, 6.07) is 3.36. The van der Waals surface area contributed by atoms with Gasteiger partial charge in [0.05, 0.1) is 17.5 Å². The molecule has 1 aromatic carbocycles. The number of ether oxygens (including phenoxy) is 1. The normalized spacial score (nSPS) is 30.8. The SMILES string of the molecule is CCCC(=O)O[C@@H]1[C@@H]2C(=C(O)c3c(O)cccc3[C@H]2CCC2CCCC2)C(=O)[C@@]2(O)C(O)=C(C(N)=O)C(=O)[C@H](N(C)C)[C@@H]12. The van der Waals surface area contributed by atoms with E-state index in [1.807, 2.05) is 0 Å². The number of aliphatic hydroxyl groups excluding tert-OH is 2. The lowest BCUT2D eigenvalue weighted by Gasteiger charge is -2.55. The Morgan fingerprint density at radius 1 is 1.09 bits per heavy atom. The van der Waals surface area contributed by atoms with Crippen LogP contribution in [0.1, 0.15) is 75.3 Å². The summed E-state index contributed by atoms with van der Waals surface area (Å²) in [6.45, 7) is 1.78.